The molecule has 4 aromatic rings. The number of aliphatic hydroxyl groups is 1. The SMILES string of the molecule is COC(=O)NC(C(=O)N1CC=C[C@H]1c1ncc(-c2ccc(-c3ccc(-c4cnc([C@@H]5CC(O)CN5C(=O)[C@@H](NC(=O)OC)C(C)C)[nH]4)cc3)cc2)[nH]1)C(C)C. The number of nitrogens with one attached hydrogen (secondary N) is 4. The Morgan fingerprint density at radius 1 is 0.727 bits per heavy atom. The van der Waals surface area contributed by atoms with Crippen molar-refractivity contribution in [2.75, 3.05) is 27.3 Å². The van der Waals surface area contributed by atoms with Gasteiger partial charge in [0.2, 0.25) is 11.8 Å². The number of hydrogen-bond acceptors (Lipinski definition) is 9. The normalized spacial score (nSPS) is 19.1. The summed E-state index contributed by atoms with van der Waals surface area (Å²) in [5.41, 5.74) is 5.44. The monoisotopic (exact) mass is 752 g/mol. The van der Waals surface area contributed by atoms with E-state index < -0.39 is 42.5 Å². The van der Waals surface area contributed by atoms with Gasteiger partial charge in [0.1, 0.15) is 29.8 Å². The number of carbonyl (C=O) groups excluding carboxylic acids is 4. The molecule has 0 aliphatic carbocycles. The van der Waals surface area contributed by atoms with Crippen LogP contribution in [0.1, 0.15) is 57.8 Å². The van der Waals surface area contributed by atoms with E-state index in [0.29, 0.717) is 24.6 Å². The Morgan fingerprint density at radius 2 is 1.18 bits per heavy atom. The number of alkyl carbamates (subject to hydrolysis) is 2. The second-order valence-corrected chi connectivity index (χ2v) is 14.5. The average Bonchev–Trinajstić information content (AvgIpc) is 4.02. The van der Waals surface area contributed by atoms with E-state index in [1.54, 1.807) is 22.2 Å². The number of imidazole rings is 2. The van der Waals surface area contributed by atoms with E-state index in [1.807, 2.05) is 88.4 Å². The highest BCUT2D eigenvalue weighted by atomic mass is 16.5. The lowest BCUT2D eigenvalue weighted by Gasteiger charge is -2.29. The zero-order valence-corrected chi connectivity index (χ0v) is 31.8. The van der Waals surface area contributed by atoms with Crippen molar-refractivity contribution in [3.63, 3.8) is 0 Å². The van der Waals surface area contributed by atoms with E-state index >= 15 is 0 Å². The summed E-state index contributed by atoms with van der Waals surface area (Å²) in [6.07, 6.45) is 5.57. The van der Waals surface area contributed by atoms with Gasteiger partial charge in [-0.1, -0.05) is 88.4 Å². The van der Waals surface area contributed by atoms with Crippen LogP contribution in [-0.2, 0) is 19.1 Å². The summed E-state index contributed by atoms with van der Waals surface area (Å²) in [6.45, 7) is 7.96. The number of β-amino-alcohol motifs (C(OH)–C–C–N with tert-alkyl or cyclic N) is 1. The molecular formula is C40H48N8O7. The van der Waals surface area contributed by atoms with Crippen LogP contribution in [0, 0.1) is 11.8 Å². The molecule has 290 valence electrons. The number of H-pyrrole nitrogens is 2. The quantitative estimate of drug-likeness (QED) is 0.132. The number of aliphatic hydroxyl groups excluding tert-OH is 1. The summed E-state index contributed by atoms with van der Waals surface area (Å²) in [7, 11) is 2.52. The fourth-order valence-electron chi connectivity index (χ4n) is 7.03. The molecule has 1 fully saturated rings. The highest BCUT2D eigenvalue weighted by Crippen LogP contribution is 2.34. The molecule has 4 heterocycles. The second-order valence-electron chi connectivity index (χ2n) is 14.5. The van der Waals surface area contributed by atoms with Gasteiger partial charge in [0.05, 0.1) is 50.1 Å². The fourth-order valence-corrected chi connectivity index (χ4v) is 7.03. The molecule has 5 N–H and O–H groups in total. The standard InChI is InChI=1S/C40H48N8O7/c1-22(2)33(45-39(52)54-5)37(50)47-17-7-8-31(47)35-41-19-29(43-35)26-13-9-24(10-14-26)25-11-15-27(16-12-25)30-20-42-36(44-30)32-18-28(49)21-48(32)38(51)34(23(3)4)46-40(53)55-6/h7-16,19-20,22-23,28,31-34,49H,17-18,21H2,1-6H3,(H,41,43)(H,42,44)(H,45,52)(H,46,53)/t28?,31-,32-,33?,34-/m0/s1. The van der Waals surface area contributed by atoms with Crippen molar-refractivity contribution in [1.29, 1.82) is 0 Å². The van der Waals surface area contributed by atoms with Gasteiger partial charge < -0.3 is 45.0 Å². The van der Waals surface area contributed by atoms with Gasteiger partial charge in [-0.2, -0.15) is 0 Å². The Hall–Kier alpha value is -5.96. The first-order valence-corrected chi connectivity index (χ1v) is 18.3. The van der Waals surface area contributed by atoms with Crippen molar-refractivity contribution in [2.45, 2.75) is 64.4 Å². The summed E-state index contributed by atoms with van der Waals surface area (Å²) in [6, 6.07) is 13.7. The van der Waals surface area contributed by atoms with Crippen LogP contribution in [0.15, 0.2) is 73.1 Å². The third-order valence-corrected chi connectivity index (χ3v) is 10.1. The molecule has 2 aromatic carbocycles. The molecule has 0 radical (unpaired) electrons. The molecule has 2 aliphatic heterocycles. The van der Waals surface area contributed by atoms with Crippen LogP contribution in [-0.4, -0.2) is 104 Å². The zero-order valence-electron chi connectivity index (χ0n) is 31.8. The molecule has 15 nitrogen and oxygen atoms in total. The van der Waals surface area contributed by atoms with Crippen molar-refractivity contribution in [3.05, 3.63) is 84.7 Å². The lowest BCUT2D eigenvalue weighted by molar-refractivity contribution is -0.136. The molecule has 2 unspecified atom stereocenters. The Morgan fingerprint density at radius 3 is 1.67 bits per heavy atom. The van der Waals surface area contributed by atoms with Gasteiger partial charge in [0.15, 0.2) is 0 Å². The van der Waals surface area contributed by atoms with Crippen LogP contribution < -0.4 is 10.6 Å². The smallest absolute Gasteiger partial charge is 0.407 e. The van der Waals surface area contributed by atoms with Gasteiger partial charge in [0, 0.05) is 19.5 Å². The number of aromatic nitrogens is 4. The summed E-state index contributed by atoms with van der Waals surface area (Å²) < 4.78 is 9.45. The van der Waals surface area contributed by atoms with Crippen molar-refractivity contribution in [2.24, 2.45) is 11.8 Å². The van der Waals surface area contributed by atoms with Gasteiger partial charge in [-0.3, -0.25) is 9.59 Å². The molecule has 2 aromatic heterocycles. The van der Waals surface area contributed by atoms with Gasteiger partial charge >= 0.3 is 12.2 Å². The number of aromatic amines is 2. The molecule has 55 heavy (non-hydrogen) atoms. The predicted octanol–water partition coefficient (Wildman–Crippen LogP) is 4.97. The Kier molecular flexibility index (Phi) is 11.7. The summed E-state index contributed by atoms with van der Waals surface area (Å²) >= 11 is 0. The fraction of sp³-hybridized carbons (Fsp3) is 0.400. The summed E-state index contributed by atoms with van der Waals surface area (Å²) in [4.78, 5) is 70.1. The molecular weight excluding hydrogens is 704 g/mol. The number of carbonyl (C=O) groups is 4. The van der Waals surface area contributed by atoms with Crippen molar-refractivity contribution < 1.29 is 33.8 Å². The van der Waals surface area contributed by atoms with Crippen LogP contribution in [0.4, 0.5) is 9.59 Å². The van der Waals surface area contributed by atoms with E-state index in [-0.39, 0.29) is 30.2 Å². The minimum Gasteiger partial charge on any atom is -0.453 e. The largest absolute Gasteiger partial charge is 0.453 e. The average molecular weight is 753 g/mol. The van der Waals surface area contributed by atoms with Crippen molar-refractivity contribution in [3.8, 4) is 33.6 Å². The van der Waals surface area contributed by atoms with Crippen LogP contribution in [0.3, 0.4) is 0 Å². The third-order valence-electron chi connectivity index (χ3n) is 10.1. The molecule has 0 bridgehead atoms. The third kappa shape index (κ3) is 8.41. The number of hydrogen-bond donors (Lipinski definition) is 5. The van der Waals surface area contributed by atoms with E-state index in [4.69, 9.17) is 9.47 Å². The molecule has 0 spiro atoms. The topological polar surface area (TPSA) is 195 Å². The first kappa shape index (κ1) is 38.8. The van der Waals surface area contributed by atoms with Crippen LogP contribution in [0.5, 0.6) is 0 Å². The Labute approximate surface area is 319 Å². The maximum Gasteiger partial charge on any atom is 0.407 e. The molecule has 6 rings (SSSR count). The van der Waals surface area contributed by atoms with Gasteiger partial charge in [-0.05, 0) is 34.1 Å². The van der Waals surface area contributed by atoms with Gasteiger partial charge in [0.25, 0.3) is 0 Å². The van der Waals surface area contributed by atoms with Gasteiger partial charge in [-0.25, -0.2) is 19.6 Å². The number of benzene rings is 2. The highest BCUT2D eigenvalue weighted by Gasteiger charge is 2.41. The van der Waals surface area contributed by atoms with Crippen molar-refractivity contribution in [1.82, 2.24) is 40.4 Å². The van der Waals surface area contributed by atoms with Crippen LogP contribution in [0.2, 0.25) is 0 Å². The number of methoxy groups -OCH3 is 2. The first-order valence-electron chi connectivity index (χ1n) is 18.3. The minimum absolute atomic E-state index is 0.134. The van der Waals surface area contributed by atoms with E-state index in [9.17, 15) is 24.3 Å². The van der Waals surface area contributed by atoms with Gasteiger partial charge in [-0.15, -0.1) is 0 Å². The molecule has 15 heteroatoms. The molecule has 0 saturated carbocycles. The number of rotatable bonds is 11. The molecule has 4 amide bonds. The van der Waals surface area contributed by atoms with Crippen molar-refractivity contribution >= 4 is 24.0 Å². The number of ether oxygens (including phenoxy) is 2. The predicted molar refractivity (Wildman–Crippen MR) is 204 cm³/mol. The summed E-state index contributed by atoms with van der Waals surface area (Å²) in [5.74, 6) is 0.323. The number of nitrogens with zero attached hydrogens (tertiary/aromatic N) is 4. The van der Waals surface area contributed by atoms with Crippen LogP contribution >= 0.6 is 0 Å². The molecule has 1 saturated heterocycles. The molecule has 5 atom stereocenters. The lowest BCUT2D eigenvalue weighted by Crippen LogP contribution is -2.51. The first-order chi connectivity index (χ1) is 26.4. The molecule has 2 aliphatic rings. The Balaban J connectivity index is 1.12. The number of likely N-dealkylation sites (tertiary alicyclic amines) is 1. The van der Waals surface area contributed by atoms with Crippen LogP contribution in [0.25, 0.3) is 33.6 Å². The Bertz CT molecular complexity index is 2020. The zero-order chi connectivity index (χ0) is 39.4. The van der Waals surface area contributed by atoms with E-state index in [1.165, 1.54) is 14.2 Å². The highest BCUT2D eigenvalue weighted by molar-refractivity contribution is 5.87. The van der Waals surface area contributed by atoms with E-state index in [0.717, 1.165) is 33.6 Å². The lowest BCUT2D eigenvalue weighted by atomic mass is 10.0. The second kappa shape index (κ2) is 16.6. The number of amides is 4. The minimum atomic E-state index is -0.812. The summed E-state index contributed by atoms with van der Waals surface area (Å²) in [5, 5.41) is 15.8. The van der Waals surface area contributed by atoms with E-state index in [2.05, 4.69) is 30.6 Å². The maximum atomic E-state index is 13.6. The maximum absolute atomic E-state index is 13.6.